The Bertz CT molecular complexity index is 1350. The summed E-state index contributed by atoms with van der Waals surface area (Å²) in [5.74, 6) is -0.649. The van der Waals surface area contributed by atoms with Crippen LogP contribution in [-0.2, 0) is 14.8 Å². The van der Waals surface area contributed by atoms with Crippen molar-refractivity contribution >= 4 is 38.8 Å². The molecule has 0 unspecified atom stereocenters. The molecular weight excluding hydrogens is 468 g/mol. The number of nitrogens with zero attached hydrogens (tertiary/aromatic N) is 1. The molecule has 1 atom stereocenters. The average molecular weight is 493 g/mol. The van der Waals surface area contributed by atoms with E-state index in [4.69, 9.17) is 11.6 Å². The summed E-state index contributed by atoms with van der Waals surface area (Å²) < 4.78 is 28.8. The van der Waals surface area contributed by atoms with Crippen molar-refractivity contribution in [3.63, 3.8) is 0 Å². The average Bonchev–Trinajstić information content (AvgIpc) is 2.84. The first-order chi connectivity index (χ1) is 16.3. The number of rotatable bonds is 7. The third-order valence-electron chi connectivity index (χ3n) is 5.77. The summed E-state index contributed by atoms with van der Waals surface area (Å²) in [5, 5.41) is 3.30. The van der Waals surface area contributed by atoms with Crippen LogP contribution in [0, 0.1) is 0 Å². The van der Waals surface area contributed by atoms with Gasteiger partial charge in [0.2, 0.25) is 0 Å². The summed E-state index contributed by atoms with van der Waals surface area (Å²) >= 11 is 6.31. The summed E-state index contributed by atoms with van der Waals surface area (Å²) in [5.41, 5.74) is 3.04. The van der Waals surface area contributed by atoms with Crippen LogP contribution in [0.2, 0.25) is 5.02 Å². The highest BCUT2D eigenvalue weighted by atomic mass is 35.5. The first-order valence-electron chi connectivity index (χ1n) is 10.9. The smallest absolute Gasteiger partial charge is 0.270 e. The summed E-state index contributed by atoms with van der Waals surface area (Å²) in [6, 6.07) is 23.8. The summed E-state index contributed by atoms with van der Waals surface area (Å²) in [6.45, 7) is 5.99. The van der Waals surface area contributed by atoms with Gasteiger partial charge in [-0.1, -0.05) is 85.3 Å². The molecule has 174 valence electrons. The molecule has 7 heteroatoms. The van der Waals surface area contributed by atoms with E-state index in [1.165, 1.54) is 10.4 Å². The first kappa shape index (κ1) is 23.8. The highest BCUT2D eigenvalue weighted by molar-refractivity contribution is 7.97. The van der Waals surface area contributed by atoms with E-state index in [0.29, 0.717) is 27.4 Å². The maximum absolute atomic E-state index is 13.8. The number of halogens is 1. The van der Waals surface area contributed by atoms with Crippen molar-refractivity contribution in [2.45, 2.75) is 12.8 Å². The van der Waals surface area contributed by atoms with Gasteiger partial charge in [-0.2, -0.15) is 0 Å². The Hall–Kier alpha value is -3.35. The monoisotopic (exact) mass is 492 g/mol. The highest BCUT2D eigenvalue weighted by Crippen LogP contribution is 2.43. The van der Waals surface area contributed by atoms with E-state index >= 15 is 0 Å². The van der Waals surface area contributed by atoms with E-state index in [1.807, 2.05) is 55.5 Å². The fourth-order valence-electron chi connectivity index (χ4n) is 4.08. The molecule has 1 aliphatic heterocycles. The fourth-order valence-corrected chi connectivity index (χ4v) is 5.98. The van der Waals surface area contributed by atoms with Crippen molar-refractivity contribution < 1.29 is 13.2 Å². The molecule has 3 aromatic carbocycles. The number of hydrogen-bond donors (Lipinski definition) is 1. The second-order valence-electron chi connectivity index (χ2n) is 8.08. The molecule has 5 nitrogen and oxygen atoms in total. The number of carbonyl (C=O) groups excluding carboxylic acids is 1. The lowest BCUT2D eigenvalue weighted by molar-refractivity contribution is -0.116. The van der Waals surface area contributed by atoms with E-state index in [0.717, 1.165) is 5.56 Å². The highest BCUT2D eigenvalue weighted by Gasteiger charge is 2.41. The normalized spacial score (nSPS) is 15.4. The van der Waals surface area contributed by atoms with Crippen LogP contribution in [0.5, 0.6) is 0 Å². The summed E-state index contributed by atoms with van der Waals surface area (Å²) in [4.78, 5) is 13.2. The Morgan fingerprint density at radius 3 is 2.35 bits per heavy atom. The Labute approximate surface area is 205 Å². The number of carbonyl (C=O) groups is 1. The molecule has 1 N–H and O–H groups in total. The standard InChI is InChI=1S/C27H25ClN2O3S/c1-3-16-30-24-15-14-22(28)17-23(24)25(21-12-8-5-9-13-21)26(34(30,32)33)27(31)29-18-19(2)20-10-6-4-7-11-20/h3-15,17,19H,1,16,18H2,2H3,(H,29,31)/t19-/m1/s1. The van der Waals surface area contributed by atoms with E-state index in [-0.39, 0.29) is 23.9 Å². The quantitative estimate of drug-likeness (QED) is 0.452. The molecule has 4 rings (SSSR count). The minimum Gasteiger partial charge on any atom is -0.351 e. The van der Waals surface area contributed by atoms with Crippen LogP contribution in [0.1, 0.15) is 29.5 Å². The van der Waals surface area contributed by atoms with Crippen molar-refractivity contribution in [3.05, 3.63) is 118 Å². The van der Waals surface area contributed by atoms with Crippen LogP contribution in [0.3, 0.4) is 0 Å². The molecule has 1 aliphatic rings. The van der Waals surface area contributed by atoms with Crippen molar-refractivity contribution in [2.24, 2.45) is 0 Å². The molecule has 1 heterocycles. The Kier molecular flexibility index (Phi) is 6.91. The molecule has 0 saturated heterocycles. The first-order valence-corrected chi connectivity index (χ1v) is 12.7. The number of hydrogen-bond acceptors (Lipinski definition) is 3. The van der Waals surface area contributed by atoms with E-state index in [2.05, 4.69) is 11.9 Å². The molecule has 0 bridgehead atoms. The molecule has 0 aliphatic carbocycles. The maximum Gasteiger partial charge on any atom is 0.270 e. The van der Waals surface area contributed by atoms with Gasteiger partial charge in [0.15, 0.2) is 4.91 Å². The van der Waals surface area contributed by atoms with Crippen molar-refractivity contribution in [1.82, 2.24) is 5.32 Å². The minimum atomic E-state index is -4.18. The lowest BCUT2D eigenvalue weighted by Crippen LogP contribution is -2.42. The second-order valence-corrected chi connectivity index (χ2v) is 10.3. The van der Waals surface area contributed by atoms with Crippen LogP contribution in [-0.4, -0.2) is 27.4 Å². The van der Waals surface area contributed by atoms with Gasteiger partial charge in [0.25, 0.3) is 15.9 Å². The van der Waals surface area contributed by atoms with Gasteiger partial charge in [0, 0.05) is 22.7 Å². The SMILES string of the molecule is C=CCN1c2ccc(Cl)cc2C(c2ccccc2)=C(C(=O)NC[C@@H](C)c2ccccc2)S1(=O)=O. The van der Waals surface area contributed by atoms with E-state index in [9.17, 15) is 13.2 Å². The zero-order valence-corrected chi connectivity index (χ0v) is 20.3. The number of benzene rings is 3. The number of anilines is 1. The molecule has 3 aromatic rings. The molecule has 0 saturated carbocycles. The predicted molar refractivity (Wildman–Crippen MR) is 138 cm³/mol. The van der Waals surface area contributed by atoms with Gasteiger partial charge in [-0.3, -0.25) is 9.10 Å². The van der Waals surface area contributed by atoms with Gasteiger partial charge in [0.05, 0.1) is 12.2 Å². The molecule has 34 heavy (non-hydrogen) atoms. The van der Waals surface area contributed by atoms with Crippen LogP contribution in [0.4, 0.5) is 5.69 Å². The van der Waals surface area contributed by atoms with Gasteiger partial charge < -0.3 is 5.32 Å². The lowest BCUT2D eigenvalue weighted by Gasteiger charge is -2.33. The zero-order chi connectivity index (χ0) is 24.3. The Morgan fingerprint density at radius 2 is 1.71 bits per heavy atom. The van der Waals surface area contributed by atoms with Crippen LogP contribution in [0.15, 0.2) is 96.4 Å². The van der Waals surface area contributed by atoms with E-state index in [1.54, 1.807) is 30.3 Å². The fraction of sp³-hybridized carbons (Fsp3) is 0.148. The second kappa shape index (κ2) is 9.87. The predicted octanol–water partition coefficient (Wildman–Crippen LogP) is 5.36. The molecule has 0 radical (unpaired) electrons. The van der Waals surface area contributed by atoms with Gasteiger partial charge >= 0.3 is 0 Å². The molecule has 0 fully saturated rings. The number of fused-ring (bicyclic) bond motifs is 1. The van der Waals surface area contributed by atoms with Crippen LogP contribution < -0.4 is 9.62 Å². The largest absolute Gasteiger partial charge is 0.351 e. The van der Waals surface area contributed by atoms with Gasteiger partial charge in [-0.15, -0.1) is 6.58 Å². The molecular formula is C27H25ClN2O3S. The van der Waals surface area contributed by atoms with Crippen molar-refractivity contribution in [1.29, 1.82) is 0 Å². The topological polar surface area (TPSA) is 66.5 Å². The third kappa shape index (κ3) is 4.52. The van der Waals surface area contributed by atoms with E-state index < -0.39 is 15.9 Å². The number of amides is 1. The van der Waals surface area contributed by atoms with Gasteiger partial charge in [-0.25, -0.2) is 8.42 Å². The van der Waals surface area contributed by atoms with Gasteiger partial charge in [0.1, 0.15) is 0 Å². The van der Waals surface area contributed by atoms with Crippen molar-refractivity contribution in [3.8, 4) is 0 Å². The summed E-state index contributed by atoms with van der Waals surface area (Å²) in [6.07, 6.45) is 1.50. The van der Waals surface area contributed by atoms with Crippen LogP contribution >= 0.6 is 11.6 Å². The molecule has 0 aromatic heterocycles. The van der Waals surface area contributed by atoms with Crippen molar-refractivity contribution in [2.75, 3.05) is 17.4 Å². The maximum atomic E-state index is 13.8. The number of nitrogens with one attached hydrogen (secondary N) is 1. The zero-order valence-electron chi connectivity index (χ0n) is 18.7. The summed E-state index contributed by atoms with van der Waals surface area (Å²) in [7, 11) is -4.18. The lowest BCUT2D eigenvalue weighted by atomic mass is 9.95. The van der Waals surface area contributed by atoms with Crippen LogP contribution in [0.25, 0.3) is 5.57 Å². The molecule has 1 amide bonds. The Morgan fingerprint density at radius 1 is 1.06 bits per heavy atom. The Balaban J connectivity index is 1.85. The third-order valence-corrected chi connectivity index (χ3v) is 7.84. The van der Waals surface area contributed by atoms with Gasteiger partial charge in [-0.05, 0) is 35.2 Å². The minimum absolute atomic E-state index is 0.00299. The number of sulfonamides is 1. The molecule has 0 spiro atoms.